The third-order valence-corrected chi connectivity index (χ3v) is 3.62. The van der Waals surface area contributed by atoms with Crippen LogP contribution in [0.4, 0.5) is 0 Å². The van der Waals surface area contributed by atoms with Gasteiger partial charge in [0.1, 0.15) is 12.2 Å². The number of aliphatic hydroxyl groups is 1. The van der Waals surface area contributed by atoms with Gasteiger partial charge in [-0.25, -0.2) is 0 Å². The molecule has 19 heavy (non-hydrogen) atoms. The van der Waals surface area contributed by atoms with E-state index in [2.05, 4.69) is 0 Å². The fourth-order valence-electron chi connectivity index (χ4n) is 2.62. The van der Waals surface area contributed by atoms with E-state index in [1.807, 2.05) is 12.1 Å². The van der Waals surface area contributed by atoms with Gasteiger partial charge in [-0.05, 0) is 24.0 Å². The van der Waals surface area contributed by atoms with Gasteiger partial charge in [-0.15, -0.1) is 0 Å². The molecule has 0 saturated carbocycles. The van der Waals surface area contributed by atoms with Gasteiger partial charge >= 0.3 is 0 Å². The van der Waals surface area contributed by atoms with Crippen molar-refractivity contribution in [3.63, 3.8) is 0 Å². The number of hydrogen-bond donors (Lipinski definition) is 1. The van der Waals surface area contributed by atoms with Gasteiger partial charge in [0.2, 0.25) is 0 Å². The van der Waals surface area contributed by atoms with Crippen LogP contribution in [0.1, 0.15) is 24.0 Å². The van der Waals surface area contributed by atoms with E-state index in [1.54, 1.807) is 12.1 Å². The number of fused-ring (bicyclic) bond motifs is 2. The van der Waals surface area contributed by atoms with E-state index in [9.17, 15) is 9.59 Å². The Morgan fingerprint density at radius 1 is 1.16 bits per heavy atom. The van der Waals surface area contributed by atoms with Crippen molar-refractivity contribution >= 4 is 11.8 Å². The number of ether oxygens (including phenoxy) is 1. The number of morpholine rings is 1. The summed E-state index contributed by atoms with van der Waals surface area (Å²) in [6.07, 6.45) is 0.345. The summed E-state index contributed by atoms with van der Waals surface area (Å²) < 4.78 is 5.35. The lowest BCUT2D eigenvalue weighted by Gasteiger charge is -2.30. The van der Waals surface area contributed by atoms with Crippen LogP contribution in [0, 0.1) is 0 Å². The largest absolute Gasteiger partial charge is 0.392 e. The molecule has 2 atom stereocenters. The average molecular weight is 261 g/mol. The van der Waals surface area contributed by atoms with Crippen LogP contribution in [0.3, 0.4) is 0 Å². The van der Waals surface area contributed by atoms with Gasteiger partial charge in [0.15, 0.2) is 0 Å². The Morgan fingerprint density at radius 2 is 1.79 bits per heavy atom. The minimum Gasteiger partial charge on any atom is -0.392 e. The van der Waals surface area contributed by atoms with Crippen molar-refractivity contribution < 1.29 is 19.4 Å². The zero-order valence-electron chi connectivity index (χ0n) is 10.4. The average Bonchev–Trinajstić information content (AvgIpc) is 2.89. The third-order valence-electron chi connectivity index (χ3n) is 3.62. The summed E-state index contributed by atoms with van der Waals surface area (Å²) in [4.78, 5) is 25.4. The first kappa shape index (κ1) is 12.3. The van der Waals surface area contributed by atoms with Crippen molar-refractivity contribution in [2.45, 2.75) is 38.2 Å². The lowest BCUT2D eigenvalue weighted by atomic mass is 10.1. The Bertz CT molecular complexity index is 506. The molecule has 2 amide bonds. The summed E-state index contributed by atoms with van der Waals surface area (Å²) >= 11 is 0. The molecule has 100 valence electrons. The molecule has 2 fully saturated rings. The zero-order valence-corrected chi connectivity index (χ0v) is 10.4. The number of nitrogens with zero attached hydrogens (tertiary/aromatic N) is 1. The molecule has 2 saturated heterocycles. The van der Waals surface area contributed by atoms with Crippen LogP contribution in [-0.2, 0) is 27.5 Å². The maximum atomic E-state index is 12.1. The quantitative estimate of drug-likeness (QED) is 0.809. The first-order chi connectivity index (χ1) is 9.19. The van der Waals surface area contributed by atoms with Crippen molar-refractivity contribution in [3.8, 4) is 0 Å². The highest BCUT2D eigenvalue weighted by Crippen LogP contribution is 2.29. The number of carbonyl (C=O) groups is 2. The van der Waals surface area contributed by atoms with Crippen LogP contribution in [0.5, 0.6) is 0 Å². The predicted molar refractivity (Wildman–Crippen MR) is 65.8 cm³/mol. The Kier molecular flexibility index (Phi) is 3.08. The molecule has 1 aromatic rings. The Labute approximate surface area is 110 Å². The molecule has 2 bridgehead atoms. The van der Waals surface area contributed by atoms with E-state index in [-0.39, 0.29) is 25.0 Å². The van der Waals surface area contributed by atoms with Crippen LogP contribution < -0.4 is 0 Å². The highest BCUT2D eigenvalue weighted by atomic mass is 16.5. The smallest absolute Gasteiger partial charge is 0.258 e. The molecular formula is C14H15NO4. The molecule has 2 aliphatic heterocycles. The number of imide groups is 1. The Hall–Kier alpha value is -1.72. The molecule has 2 heterocycles. The highest BCUT2D eigenvalue weighted by molar-refractivity contribution is 6.02. The second-order valence-corrected chi connectivity index (χ2v) is 4.93. The number of likely N-dealkylation sites (tertiary alicyclic amines) is 1. The normalized spacial score (nSPS) is 26.1. The molecule has 1 N–H and O–H groups in total. The summed E-state index contributed by atoms with van der Waals surface area (Å²) in [6.45, 7) is 0.200. The lowest BCUT2D eigenvalue weighted by molar-refractivity contribution is -0.169. The zero-order chi connectivity index (χ0) is 13.4. The molecule has 0 radical (unpaired) electrons. The van der Waals surface area contributed by atoms with Crippen LogP contribution in [0.2, 0.25) is 0 Å². The monoisotopic (exact) mass is 261 g/mol. The van der Waals surface area contributed by atoms with Crippen LogP contribution in [-0.4, -0.2) is 34.0 Å². The molecule has 0 spiro atoms. The predicted octanol–water partition coefficient (Wildman–Crippen LogP) is 0.595. The standard InChI is InChI=1S/C14H15NO4/c16-8-10-3-1-2-9(6-10)7-15-13(17)11-4-5-12(19-11)14(15)18/h1-3,6,11-12,16H,4-5,7-8H2. The number of benzene rings is 1. The number of rotatable bonds is 3. The highest BCUT2D eigenvalue weighted by Gasteiger charge is 2.46. The fraction of sp³-hybridized carbons (Fsp3) is 0.429. The molecule has 1 aromatic carbocycles. The van der Waals surface area contributed by atoms with Gasteiger partial charge in [0.05, 0.1) is 13.2 Å². The van der Waals surface area contributed by atoms with E-state index in [0.29, 0.717) is 12.8 Å². The van der Waals surface area contributed by atoms with Crippen LogP contribution in [0.25, 0.3) is 0 Å². The molecular weight excluding hydrogens is 246 g/mol. The fourth-order valence-corrected chi connectivity index (χ4v) is 2.62. The van der Waals surface area contributed by atoms with Crippen molar-refractivity contribution in [2.75, 3.05) is 0 Å². The Morgan fingerprint density at radius 3 is 2.42 bits per heavy atom. The van der Waals surface area contributed by atoms with E-state index in [1.165, 1.54) is 4.90 Å². The molecule has 5 heteroatoms. The minimum absolute atomic E-state index is 0.0515. The first-order valence-electron chi connectivity index (χ1n) is 6.38. The SMILES string of the molecule is O=C1C2CCC(O2)C(=O)N1Cc1cccc(CO)c1. The maximum absolute atomic E-state index is 12.1. The molecule has 0 aromatic heterocycles. The van der Waals surface area contributed by atoms with E-state index >= 15 is 0 Å². The maximum Gasteiger partial charge on any atom is 0.258 e. The molecule has 2 unspecified atom stereocenters. The van der Waals surface area contributed by atoms with Crippen molar-refractivity contribution in [1.82, 2.24) is 4.90 Å². The summed E-state index contributed by atoms with van der Waals surface area (Å²) in [7, 11) is 0. The van der Waals surface area contributed by atoms with Gasteiger partial charge in [-0.2, -0.15) is 0 Å². The summed E-state index contributed by atoms with van der Waals surface area (Å²) in [6, 6.07) is 7.26. The van der Waals surface area contributed by atoms with Gasteiger partial charge in [0.25, 0.3) is 11.8 Å². The number of amides is 2. The summed E-state index contributed by atoms with van der Waals surface area (Å²) in [5.74, 6) is -0.485. The number of hydrogen-bond acceptors (Lipinski definition) is 4. The van der Waals surface area contributed by atoms with Crippen molar-refractivity contribution in [3.05, 3.63) is 35.4 Å². The second kappa shape index (κ2) is 4.75. The third kappa shape index (κ3) is 2.15. The van der Waals surface area contributed by atoms with E-state index in [4.69, 9.17) is 9.84 Å². The van der Waals surface area contributed by atoms with Crippen LogP contribution in [0.15, 0.2) is 24.3 Å². The molecule has 2 aliphatic rings. The van der Waals surface area contributed by atoms with Gasteiger partial charge < -0.3 is 9.84 Å². The van der Waals surface area contributed by atoms with Gasteiger partial charge in [-0.1, -0.05) is 24.3 Å². The van der Waals surface area contributed by atoms with Crippen molar-refractivity contribution in [1.29, 1.82) is 0 Å². The summed E-state index contributed by atoms with van der Waals surface area (Å²) in [5, 5.41) is 9.10. The molecule has 5 nitrogen and oxygen atoms in total. The molecule has 3 rings (SSSR count). The number of carbonyl (C=O) groups excluding carboxylic acids is 2. The topological polar surface area (TPSA) is 66.8 Å². The lowest BCUT2D eigenvalue weighted by Crippen LogP contribution is -2.51. The summed E-state index contributed by atoms with van der Waals surface area (Å²) in [5.41, 5.74) is 1.61. The van der Waals surface area contributed by atoms with E-state index in [0.717, 1.165) is 11.1 Å². The molecule has 0 aliphatic carbocycles. The van der Waals surface area contributed by atoms with Crippen molar-refractivity contribution in [2.24, 2.45) is 0 Å². The second-order valence-electron chi connectivity index (χ2n) is 4.93. The van der Waals surface area contributed by atoms with Crippen LogP contribution >= 0.6 is 0 Å². The van der Waals surface area contributed by atoms with Gasteiger partial charge in [-0.3, -0.25) is 14.5 Å². The Balaban J connectivity index is 1.81. The minimum atomic E-state index is -0.455. The first-order valence-corrected chi connectivity index (χ1v) is 6.38. The van der Waals surface area contributed by atoms with E-state index < -0.39 is 12.2 Å². The van der Waals surface area contributed by atoms with Gasteiger partial charge in [0, 0.05) is 0 Å². The number of aliphatic hydroxyl groups excluding tert-OH is 1.